The molecule has 0 bridgehead atoms. The van der Waals surface area contributed by atoms with Crippen LogP contribution in [-0.2, 0) is 30.4 Å². The highest BCUT2D eigenvalue weighted by Crippen LogP contribution is 2.27. The summed E-state index contributed by atoms with van der Waals surface area (Å²) in [5, 5.41) is 2.01. The molecule has 7 nitrogen and oxygen atoms in total. The van der Waals surface area contributed by atoms with Crippen molar-refractivity contribution in [2.75, 3.05) is 19.6 Å². The smallest absolute Gasteiger partial charge is 0.414 e. The number of benzene rings is 1. The van der Waals surface area contributed by atoms with Gasteiger partial charge < -0.3 is 14.2 Å². The number of carbonyl (C=O) groups is 3. The van der Waals surface area contributed by atoms with Gasteiger partial charge in [0.1, 0.15) is 23.9 Å². The van der Waals surface area contributed by atoms with Crippen LogP contribution in [0.1, 0.15) is 18.4 Å². The number of ether oxygens (including phenoxy) is 3. The molecule has 3 atom stereocenters. The van der Waals surface area contributed by atoms with Crippen LogP contribution in [0.15, 0.2) is 30.3 Å². The number of hydrogen-bond donors (Lipinski definition) is 1. The van der Waals surface area contributed by atoms with Gasteiger partial charge in [-0.05, 0) is 12.0 Å². The maximum atomic E-state index is 12.3. The van der Waals surface area contributed by atoms with Crippen LogP contribution in [0.2, 0.25) is 0 Å². The summed E-state index contributed by atoms with van der Waals surface area (Å²) in [6, 6.07) is 9.60. The number of ketones is 1. The lowest BCUT2D eigenvalue weighted by Crippen LogP contribution is -2.49. The van der Waals surface area contributed by atoms with Gasteiger partial charge in [-0.3, -0.25) is 14.9 Å². The van der Waals surface area contributed by atoms with Crippen LogP contribution < -0.4 is 5.32 Å². The number of halogens is 1. The van der Waals surface area contributed by atoms with E-state index in [4.69, 9.17) is 25.8 Å². The number of alkyl halides is 1. The minimum atomic E-state index is -0.902. The van der Waals surface area contributed by atoms with Crippen LogP contribution in [0.4, 0.5) is 4.79 Å². The summed E-state index contributed by atoms with van der Waals surface area (Å²) in [7, 11) is 1.45. The Morgan fingerprint density at radius 3 is 2.65 bits per heavy atom. The third-order valence-corrected chi connectivity index (χ3v) is 4.40. The molecule has 0 unspecified atom stereocenters. The molecule has 1 aromatic carbocycles. The topological polar surface area (TPSA) is 90.9 Å². The van der Waals surface area contributed by atoms with Crippen LogP contribution in [-0.4, -0.2) is 49.6 Å². The van der Waals surface area contributed by atoms with E-state index in [0.29, 0.717) is 13.0 Å². The standard InChI is InChI=1S/C18H22ClNO6/c1-24-17-13(11-25-10-12-5-3-2-4-6-12)14(21)7-8-15(17)26-18(23)20-16(22)9-19/h2-6,13,15,17H,7-11H2,1H3,(H,20,22,23)/t13-,15-,17+/m1/s1. The van der Waals surface area contributed by atoms with Crippen molar-refractivity contribution in [3.63, 3.8) is 0 Å². The first kappa shape index (κ1) is 20.4. The van der Waals surface area contributed by atoms with E-state index in [1.165, 1.54) is 7.11 Å². The van der Waals surface area contributed by atoms with Gasteiger partial charge in [0.2, 0.25) is 5.91 Å². The molecule has 0 spiro atoms. The van der Waals surface area contributed by atoms with Crippen LogP contribution in [0.25, 0.3) is 0 Å². The Balaban J connectivity index is 1.92. The Morgan fingerprint density at radius 2 is 2.00 bits per heavy atom. The lowest BCUT2D eigenvalue weighted by molar-refractivity contribution is -0.146. The van der Waals surface area contributed by atoms with E-state index in [-0.39, 0.29) is 24.7 Å². The minimum Gasteiger partial charge on any atom is -0.443 e. The highest BCUT2D eigenvalue weighted by Gasteiger charge is 2.41. The van der Waals surface area contributed by atoms with Gasteiger partial charge in [-0.25, -0.2) is 4.79 Å². The number of alkyl carbamates (subject to hydrolysis) is 1. The zero-order valence-electron chi connectivity index (χ0n) is 14.5. The van der Waals surface area contributed by atoms with E-state index < -0.39 is 30.1 Å². The molecule has 1 N–H and O–H groups in total. The fourth-order valence-electron chi connectivity index (χ4n) is 2.90. The number of imide groups is 1. The molecule has 142 valence electrons. The normalized spacial score (nSPS) is 22.7. The summed E-state index contributed by atoms with van der Waals surface area (Å²) in [5.74, 6) is -1.54. The fraction of sp³-hybridized carbons (Fsp3) is 0.500. The molecule has 8 heteroatoms. The predicted octanol–water partition coefficient (Wildman–Crippen LogP) is 2.06. The Kier molecular flexibility index (Phi) is 8.03. The van der Waals surface area contributed by atoms with Crippen molar-refractivity contribution in [2.45, 2.75) is 31.7 Å². The number of rotatable bonds is 7. The molecule has 26 heavy (non-hydrogen) atoms. The molecule has 0 aromatic heterocycles. The molecule has 1 aliphatic rings. The van der Waals surface area contributed by atoms with Gasteiger partial charge >= 0.3 is 6.09 Å². The number of methoxy groups -OCH3 is 1. The van der Waals surface area contributed by atoms with Crippen LogP contribution >= 0.6 is 11.6 Å². The van der Waals surface area contributed by atoms with E-state index in [0.717, 1.165) is 5.56 Å². The molecule has 1 fully saturated rings. The first-order valence-electron chi connectivity index (χ1n) is 8.28. The molecule has 1 saturated carbocycles. The van der Waals surface area contributed by atoms with Gasteiger partial charge in [0.25, 0.3) is 0 Å². The molecular weight excluding hydrogens is 362 g/mol. The van der Waals surface area contributed by atoms with Crippen molar-refractivity contribution in [3.05, 3.63) is 35.9 Å². The lowest BCUT2D eigenvalue weighted by atomic mass is 9.83. The Hall–Kier alpha value is -1.96. The van der Waals surface area contributed by atoms with Gasteiger partial charge in [0.05, 0.1) is 19.1 Å². The molecular formula is C18H22ClNO6. The highest BCUT2D eigenvalue weighted by atomic mass is 35.5. The third-order valence-electron chi connectivity index (χ3n) is 4.15. The number of amides is 2. The summed E-state index contributed by atoms with van der Waals surface area (Å²) in [4.78, 5) is 35.2. The lowest BCUT2D eigenvalue weighted by Gasteiger charge is -2.35. The van der Waals surface area contributed by atoms with Crippen molar-refractivity contribution < 1.29 is 28.6 Å². The van der Waals surface area contributed by atoms with E-state index in [1.807, 2.05) is 35.6 Å². The van der Waals surface area contributed by atoms with Crippen LogP contribution in [0.3, 0.4) is 0 Å². The first-order valence-corrected chi connectivity index (χ1v) is 8.82. The monoisotopic (exact) mass is 383 g/mol. The van der Waals surface area contributed by atoms with E-state index >= 15 is 0 Å². The highest BCUT2D eigenvalue weighted by molar-refractivity contribution is 6.28. The van der Waals surface area contributed by atoms with Gasteiger partial charge in [-0.2, -0.15) is 0 Å². The molecule has 0 aliphatic heterocycles. The Morgan fingerprint density at radius 1 is 1.27 bits per heavy atom. The SMILES string of the molecule is CO[C@H]1[C@H](COCc2ccccc2)C(=O)CC[C@H]1OC(=O)NC(=O)CCl. The van der Waals surface area contributed by atoms with Gasteiger partial charge in [0.15, 0.2) is 0 Å². The molecule has 2 amide bonds. The molecule has 0 radical (unpaired) electrons. The second-order valence-corrected chi connectivity index (χ2v) is 6.21. The van der Waals surface area contributed by atoms with Gasteiger partial charge in [-0.1, -0.05) is 30.3 Å². The fourth-order valence-corrected chi connectivity index (χ4v) is 2.97. The largest absolute Gasteiger partial charge is 0.443 e. The molecule has 2 rings (SSSR count). The van der Waals surface area contributed by atoms with Crippen LogP contribution in [0.5, 0.6) is 0 Å². The summed E-state index contributed by atoms with van der Waals surface area (Å²) in [5.41, 5.74) is 0.997. The predicted molar refractivity (Wildman–Crippen MR) is 93.8 cm³/mol. The maximum Gasteiger partial charge on any atom is 0.414 e. The van der Waals surface area contributed by atoms with Crippen molar-refractivity contribution in [1.29, 1.82) is 0 Å². The summed E-state index contributed by atoms with van der Waals surface area (Å²) in [6.07, 6.45) is -1.61. The van der Waals surface area contributed by atoms with Crippen molar-refractivity contribution >= 4 is 29.4 Å². The number of carbonyl (C=O) groups excluding carboxylic acids is 3. The first-order chi connectivity index (χ1) is 12.5. The zero-order valence-corrected chi connectivity index (χ0v) is 15.2. The molecule has 0 saturated heterocycles. The van der Waals surface area contributed by atoms with E-state index in [1.54, 1.807) is 0 Å². The average molecular weight is 384 g/mol. The summed E-state index contributed by atoms with van der Waals surface area (Å²) in [6.45, 7) is 0.533. The summed E-state index contributed by atoms with van der Waals surface area (Å²) < 4.78 is 16.3. The molecule has 0 heterocycles. The van der Waals surface area contributed by atoms with Crippen molar-refractivity contribution in [3.8, 4) is 0 Å². The van der Waals surface area contributed by atoms with Gasteiger partial charge in [0, 0.05) is 13.5 Å². The molecule has 1 aromatic rings. The zero-order chi connectivity index (χ0) is 18.9. The maximum absolute atomic E-state index is 12.3. The van der Waals surface area contributed by atoms with E-state index in [2.05, 4.69) is 0 Å². The second-order valence-electron chi connectivity index (χ2n) is 5.94. The van der Waals surface area contributed by atoms with Crippen molar-refractivity contribution in [1.82, 2.24) is 5.32 Å². The number of nitrogens with one attached hydrogen (secondary N) is 1. The third kappa shape index (κ3) is 5.79. The van der Waals surface area contributed by atoms with Crippen molar-refractivity contribution in [2.24, 2.45) is 5.92 Å². The quantitative estimate of drug-likeness (QED) is 0.725. The average Bonchev–Trinajstić information content (AvgIpc) is 2.64. The second kappa shape index (κ2) is 10.3. The number of hydrogen-bond acceptors (Lipinski definition) is 6. The minimum absolute atomic E-state index is 0.00186. The van der Waals surface area contributed by atoms with E-state index in [9.17, 15) is 14.4 Å². The number of Topliss-reactive ketones (excluding diaryl/α,β-unsaturated/α-hetero) is 1. The summed E-state index contributed by atoms with van der Waals surface area (Å²) >= 11 is 5.34. The Bertz CT molecular complexity index is 623. The molecule has 1 aliphatic carbocycles. The van der Waals surface area contributed by atoms with Crippen LogP contribution in [0, 0.1) is 5.92 Å². The Labute approximate surface area is 156 Å². The van der Waals surface area contributed by atoms with Gasteiger partial charge in [-0.15, -0.1) is 11.6 Å².